The summed E-state index contributed by atoms with van der Waals surface area (Å²) >= 11 is 1.30. The van der Waals surface area contributed by atoms with Crippen LogP contribution in [0.3, 0.4) is 0 Å². The summed E-state index contributed by atoms with van der Waals surface area (Å²) in [7, 11) is 1.62. The van der Waals surface area contributed by atoms with Crippen LogP contribution in [0, 0.1) is 0 Å². The summed E-state index contributed by atoms with van der Waals surface area (Å²) in [5, 5.41) is 12.0. The molecule has 2 aromatic carbocycles. The van der Waals surface area contributed by atoms with E-state index in [-0.39, 0.29) is 23.5 Å². The van der Waals surface area contributed by atoms with Crippen molar-refractivity contribution in [3.8, 4) is 11.5 Å². The molecule has 1 heterocycles. The van der Waals surface area contributed by atoms with Crippen molar-refractivity contribution < 1.29 is 19.1 Å². The van der Waals surface area contributed by atoms with Gasteiger partial charge in [0.1, 0.15) is 11.5 Å². The smallest absolute Gasteiger partial charge is 0.234 e. The Morgan fingerprint density at radius 2 is 1.84 bits per heavy atom. The number of ketones is 1. The minimum absolute atomic E-state index is 0.0509. The molecule has 0 spiro atoms. The van der Waals surface area contributed by atoms with Gasteiger partial charge in [-0.25, -0.2) is 0 Å². The summed E-state index contributed by atoms with van der Waals surface area (Å²) in [6.45, 7) is 6.03. The van der Waals surface area contributed by atoms with E-state index < -0.39 is 0 Å². The second-order valence-corrected chi connectivity index (χ2v) is 7.94. The number of nitrogens with one attached hydrogen (secondary N) is 1. The normalized spacial score (nSPS) is 11.6. The summed E-state index contributed by atoms with van der Waals surface area (Å²) in [4.78, 5) is 23.9. The van der Waals surface area contributed by atoms with Crippen molar-refractivity contribution in [1.82, 2.24) is 14.8 Å². The topological polar surface area (TPSA) is 95.3 Å². The van der Waals surface area contributed by atoms with Gasteiger partial charge < -0.3 is 19.4 Å². The number of hydrogen-bond acceptors (Lipinski definition) is 7. The van der Waals surface area contributed by atoms with Crippen LogP contribution in [0.5, 0.6) is 11.5 Å². The molecule has 3 aromatic rings. The highest BCUT2D eigenvalue weighted by Gasteiger charge is 2.19. The third-order valence-corrected chi connectivity index (χ3v) is 5.65. The lowest BCUT2D eigenvalue weighted by Gasteiger charge is -2.15. The first-order valence-electron chi connectivity index (χ1n) is 10.2. The number of aromatic nitrogens is 3. The monoisotopic (exact) mass is 454 g/mol. The molecule has 0 radical (unpaired) electrons. The van der Waals surface area contributed by atoms with Crippen LogP contribution in [0.2, 0.25) is 0 Å². The SMILES string of the molecule is CCn1c(SCC(=O)Nc2cccc(C(C)=O)c2)nnc1C(C)Oc1ccc(OC)cc1. The van der Waals surface area contributed by atoms with Gasteiger partial charge >= 0.3 is 0 Å². The average Bonchev–Trinajstić information content (AvgIpc) is 3.21. The number of thioether (sulfide) groups is 1. The Morgan fingerprint density at radius 1 is 1.12 bits per heavy atom. The van der Waals surface area contributed by atoms with E-state index in [4.69, 9.17) is 9.47 Å². The van der Waals surface area contributed by atoms with Crippen LogP contribution in [0.25, 0.3) is 0 Å². The second-order valence-electron chi connectivity index (χ2n) is 6.99. The highest BCUT2D eigenvalue weighted by Crippen LogP contribution is 2.26. The molecule has 168 valence electrons. The molecule has 1 aromatic heterocycles. The van der Waals surface area contributed by atoms with Crippen molar-refractivity contribution in [2.24, 2.45) is 0 Å². The predicted octanol–water partition coefficient (Wildman–Crippen LogP) is 4.38. The lowest BCUT2D eigenvalue weighted by molar-refractivity contribution is -0.113. The molecule has 0 aliphatic heterocycles. The molecule has 1 unspecified atom stereocenters. The summed E-state index contributed by atoms with van der Waals surface area (Å²) in [6.07, 6.45) is -0.326. The Hall–Kier alpha value is -3.33. The van der Waals surface area contributed by atoms with Gasteiger partial charge in [0, 0.05) is 17.8 Å². The number of carbonyl (C=O) groups excluding carboxylic acids is 2. The number of nitrogens with zero attached hydrogens (tertiary/aromatic N) is 3. The number of carbonyl (C=O) groups is 2. The van der Waals surface area contributed by atoms with Gasteiger partial charge in [0.25, 0.3) is 0 Å². The van der Waals surface area contributed by atoms with E-state index in [0.717, 1.165) is 5.75 Å². The zero-order valence-electron chi connectivity index (χ0n) is 18.5. The molecule has 0 bridgehead atoms. The zero-order chi connectivity index (χ0) is 23.1. The summed E-state index contributed by atoms with van der Waals surface area (Å²) in [6, 6.07) is 14.2. The molecular weight excluding hydrogens is 428 g/mol. The fourth-order valence-electron chi connectivity index (χ4n) is 3.06. The second kappa shape index (κ2) is 10.8. The number of amides is 1. The van der Waals surface area contributed by atoms with E-state index >= 15 is 0 Å². The fraction of sp³-hybridized carbons (Fsp3) is 0.304. The van der Waals surface area contributed by atoms with Crippen molar-refractivity contribution >= 4 is 29.1 Å². The molecule has 0 fully saturated rings. The van der Waals surface area contributed by atoms with Crippen molar-refractivity contribution in [2.45, 2.75) is 38.6 Å². The number of rotatable bonds is 10. The molecule has 1 atom stereocenters. The molecule has 1 N–H and O–H groups in total. The predicted molar refractivity (Wildman–Crippen MR) is 124 cm³/mol. The van der Waals surface area contributed by atoms with Crippen molar-refractivity contribution in [1.29, 1.82) is 0 Å². The Kier molecular flexibility index (Phi) is 7.88. The van der Waals surface area contributed by atoms with Crippen LogP contribution in [0.1, 0.15) is 43.1 Å². The van der Waals surface area contributed by atoms with Gasteiger partial charge in [-0.2, -0.15) is 0 Å². The van der Waals surface area contributed by atoms with E-state index in [2.05, 4.69) is 15.5 Å². The van der Waals surface area contributed by atoms with Gasteiger partial charge in [0.05, 0.1) is 12.9 Å². The highest BCUT2D eigenvalue weighted by atomic mass is 32.2. The summed E-state index contributed by atoms with van der Waals surface area (Å²) in [5.74, 6) is 2.06. The third-order valence-electron chi connectivity index (χ3n) is 4.68. The van der Waals surface area contributed by atoms with Crippen molar-refractivity contribution in [2.75, 3.05) is 18.2 Å². The minimum atomic E-state index is -0.326. The number of Topliss-reactive ketones (excluding diaryl/α,β-unsaturated/α-hetero) is 1. The molecule has 0 aliphatic carbocycles. The van der Waals surface area contributed by atoms with Crippen molar-refractivity contribution in [3.05, 3.63) is 59.9 Å². The number of methoxy groups -OCH3 is 1. The number of ether oxygens (including phenoxy) is 2. The molecule has 8 nitrogen and oxygen atoms in total. The molecule has 3 rings (SSSR count). The lowest BCUT2D eigenvalue weighted by Crippen LogP contribution is -2.15. The van der Waals surface area contributed by atoms with Gasteiger partial charge in [-0.1, -0.05) is 23.9 Å². The number of hydrogen-bond donors (Lipinski definition) is 1. The maximum Gasteiger partial charge on any atom is 0.234 e. The molecule has 9 heteroatoms. The Balaban J connectivity index is 1.62. The molecule has 0 saturated heterocycles. The van der Waals surface area contributed by atoms with Crippen molar-refractivity contribution in [3.63, 3.8) is 0 Å². The van der Waals surface area contributed by atoms with Crippen LogP contribution >= 0.6 is 11.8 Å². The molecule has 0 saturated carbocycles. The first-order chi connectivity index (χ1) is 15.4. The van der Waals surface area contributed by atoms with Gasteiger partial charge in [-0.3, -0.25) is 9.59 Å². The van der Waals surface area contributed by atoms with Crippen LogP contribution < -0.4 is 14.8 Å². The largest absolute Gasteiger partial charge is 0.497 e. The quantitative estimate of drug-likeness (QED) is 0.359. The molecule has 1 amide bonds. The Bertz CT molecular complexity index is 1080. The maximum atomic E-state index is 12.4. The first kappa shape index (κ1) is 23.3. The summed E-state index contributed by atoms with van der Waals surface area (Å²) < 4.78 is 13.1. The van der Waals surface area contributed by atoms with Crippen LogP contribution in [-0.2, 0) is 11.3 Å². The third kappa shape index (κ3) is 5.88. The van der Waals surface area contributed by atoms with E-state index in [9.17, 15) is 9.59 Å². The van der Waals surface area contributed by atoms with Crippen LogP contribution in [-0.4, -0.2) is 39.3 Å². The molecule has 0 aliphatic rings. The standard InChI is InChI=1S/C23H26N4O4S/c1-5-27-22(16(3)31-20-11-9-19(30-4)10-12-20)25-26-23(27)32-14-21(29)24-18-8-6-7-17(13-18)15(2)28/h6-13,16H,5,14H2,1-4H3,(H,24,29). The number of benzene rings is 2. The maximum absolute atomic E-state index is 12.4. The molecule has 32 heavy (non-hydrogen) atoms. The van der Waals surface area contributed by atoms with Crippen LogP contribution in [0.15, 0.2) is 53.7 Å². The highest BCUT2D eigenvalue weighted by molar-refractivity contribution is 7.99. The van der Waals surface area contributed by atoms with E-state index in [1.165, 1.54) is 18.7 Å². The summed E-state index contributed by atoms with van der Waals surface area (Å²) in [5.41, 5.74) is 1.14. The minimum Gasteiger partial charge on any atom is -0.497 e. The molecular formula is C23H26N4O4S. The Morgan fingerprint density at radius 3 is 2.50 bits per heavy atom. The van der Waals surface area contributed by atoms with E-state index in [1.807, 2.05) is 42.7 Å². The van der Waals surface area contributed by atoms with Gasteiger partial charge in [-0.05, 0) is 57.2 Å². The number of anilines is 1. The zero-order valence-corrected chi connectivity index (χ0v) is 19.3. The Labute approximate surface area is 191 Å². The van der Waals surface area contributed by atoms with Gasteiger partial charge in [0.15, 0.2) is 22.9 Å². The van der Waals surface area contributed by atoms with Crippen LogP contribution in [0.4, 0.5) is 5.69 Å². The fourth-order valence-corrected chi connectivity index (χ4v) is 3.87. The van der Waals surface area contributed by atoms with E-state index in [0.29, 0.717) is 34.5 Å². The van der Waals surface area contributed by atoms with Gasteiger partial charge in [0.2, 0.25) is 5.91 Å². The lowest BCUT2D eigenvalue weighted by atomic mass is 10.1. The van der Waals surface area contributed by atoms with E-state index in [1.54, 1.807) is 31.4 Å². The first-order valence-corrected chi connectivity index (χ1v) is 11.2. The van der Waals surface area contributed by atoms with Gasteiger partial charge in [-0.15, -0.1) is 10.2 Å². The average molecular weight is 455 g/mol.